The number of hydrogen-bond donors (Lipinski definition) is 0. The number of carbonyl (C=O) groups is 2. The largest absolute Gasteiger partial charge is 0.458 e. The van der Waals surface area contributed by atoms with Crippen LogP contribution in [0.15, 0.2) is 5.51 Å². The molecule has 1 saturated heterocycles. The van der Waals surface area contributed by atoms with Crippen LogP contribution < -0.4 is 0 Å². The molecule has 2 rings (SSSR count). The molecule has 104 valence electrons. The lowest BCUT2D eigenvalue weighted by atomic mass is 9.79. The highest BCUT2D eigenvalue weighted by Crippen LogP contribution is 2.36. The van der Waals surface area contributed by atoms with Gasteiger partial charge in [0.25, 0.3) is 0 Å². The van der Waals surface area contributed by atoms with Crippen molar-refractivity contribution in [2.24, 2.45) is 5.92 Å². The summed E-state index contributed by atoms with van der Waals surface area (Å²) in [4.78, 5) is 28.7. The predicted octanol–water partition coefficient (Wildman–Crippen LogP) is 2.69. The minimum Gasteiger partial charge on any atom is -0.458 e. The van der Waals surface area contributed by atoms with Crippen molar-refractivity contribution in [2.75, 3.05) is 0 Å². The fourth-order valence-corrected chi connectivity index (χ4v) is 3.28. The SMILES string of the molecule is Cc1ncsc1CCC1(C(C)C)CC(=O)CC(=O)O1. The predicted molar refractivity (Wildman–Crippen MR) is 73.1 cm³/mol. The van der Waals surface area contributed by atoms with Crippen molar-refractivity contribution in [3.8, 4) is 0 Å². The number of nitrogens with zero attached hydrogens (tertiary/aromatic N) is 1. The fraction of sp³-hybridized carbons (Fsp3) is 0.643. The monoisotopic (exact) mass is 281 g/mol. The normalized spacial score (nSPS) is 23.8. The van der Waals surface area contributed by atoms with Crippen LogP contribution in [0.5, 0.6) is 0 Å². The van der Waals surface area contributed by atoms with Gasteiger partial charge in [-0.3, -0.25) is 9.59 Å². The molecule has 0 amide bonds. The summed E-state index contributed by atoms with van der Waals surface area (Å²) in [7, 11) is 0. The van der Waals surface area contributed by atoms with Gasteiger partial charge >= 0.3 is 5.97 Å². The van der Waals surface area contributed by atoms with Gasteiger partial charge in [0.2, 0.25) is 0 Å². The number of thiazole rings is 1. The topological polar surface area (TPSA) is 56.3 Å². The van der Waals surface area contributed by atoms with E-state index in [0.717, 1.165) is 12.1 Å². The van der Waals surface area contributed by atoms with E-state index in [-0.39, 0.29) is 24.1 Å². The van der Waals surface area contributed by atoms with Crippen molar-refractivity contribution in [3.63, 3.8) is 0 Å². The Bertz CT molecular complexity index is 477. The molecule has 19 heavy (non-hydrogen) atoms. The zero-order chi connectivity index (χ0) is 14.0. The van der Waals surface area contributed by atoms with Gasteiger partial charge in [-0.1, -0.05) is 13.8 Å². The van der Waals surface area contributed by atoms with Gasteiger partial charge in [0.05, 0.1) is 11.2 Å². The van der Waals surface area contributed by atoms with Crippen molar-refractivity contribution in [1.82, 2.24) is 4.98 Å². The Morgan fingerprint density at radius 3 is 2.74 bits per heavy atom. The van der Waals surface area contributed by atoms with E-state index in [1.165, 1.54) is 4.88 Å². The number of aryl methyl sites for hydroxylation is 2. The van der Waals surface area contributed by atoms with Crippen LogP contribution in [-0.2, 0) is 20.7 Å². The Labute approximate surface area is 117 Å². The van der Waals surface area contributed by atoms with E-state index in [1.807, 2.05) is 26.3 Å². The van der Waals surface area contributed by atoms with E-state index >= 15 is 0 Å². The third-order valence-corrected chi connectivity index (χ3v) is 4.82. The number of ether oxygens (including phenoxy) is 1. The molecule has 1 atom stereocenters. The molecule has 1 fully saturated rings. The zero-order valence-electron chi connectivity index (χ0n) is 11.6. The van der Waals surface area contributed by atoms with Crippen LogP contribution in [0.1, 0.15) is 43.7 Å². The lowest BCUT2D eigenvalue weighted by Gasteiger charge is -2.39. The second kappa shape index (κ2) is 5.41. The first-order valence-electron chi connectivity index (χ1n) is 6.55. The van der Waals surface area contributed by atoms with E-state index in [4.69, 9.17) is 4.74 Å². The number of ketones is 1. The molecule has 5 heteroatoms. The van der Waals surface area contributed by atoms with Gasteiger partial charge in [0.1, 0.15) is 17.8 Å². The van der Waals surface area contributed by atoms with Gasteiger partial charge in [-0.25, -0.2) is 4.98 Å². The van der Waals surface area contributed by atoms with Gasteiger partial charge < -0.3 is 4.74 Å². The van der Waals surface area contributed by atoms with Crippen molar-refractivity contribution >= 4 is 23.1 Å². The standard InChI is InChI=1S/C14H19NO3S/c1-9(2)14(7-11(16)6-13(17)18-14)5-4-12-10(3)15-8-19-12/h8-9H,4-7H2,1-3H3. The number of esters is 1. The Balaban J connectivity index is 2.14. The van der Waals surface area contributed by atoms with Gasteiger partial charge in [-0.15, -0.1) is 11.3 Å². The summed E-state index contributed by atoms with van der Waals surface area (Å²) in [5.74, 6) is -0.258. The molecule has 2 heterocycles. The van der Waals surface area contributed by atoms with Crippen LogP contribution in [0.2, 0.25) is 0 Å². The molecule has 0 aliphatic carbocycles. The highest BCUT2D eigenvalue weighted by Gasteiger charge is 2.43. The van der Waals surface area contributed by atoms with E-state index in [2.05, 4.69) is 4.98 Å². The van der Waals surface area contributed by atoms with Crippen LogP contribution in [0.3, 0.4) is 0 Å². The van der Waals surface area contributed by atoms with Crippen molar-refractivity contribution in [1.29, 1.82) is 0 Å². The molecule has 0 spiro atoms. The van der Waals surface area contributed by atoms with Crippen molar-refractivity contribution < 1.29 is 14.3 Å². The molecule has 1 aliphatic rings. The first kappa shape index (κ1) is 14.2. The Morgan fingerprint density at radius 1 is 1.47 bits per heavy atom. The number of carbonyl (C=O) groups excluding carboxylic acids is 2. The van der Waals surface area contributed by atoms with Gasteiger partial charge in [0, 0.05) is 11.3 Å². The first-order chi connectivity index (χ1) is 8.93. The van der Waals surface area contributed by atoms with Crippen LogP contribution in [0.4, 0.5) is 0 Å². The molecule has 0 aromatic carbocycles. The highest BCUT2D eigenvalue weighted by atomic mass is 32.1. The summed E-state index contributed by atoms with van der Waals surface area (Å²) in [6, 6.07) is 0. The number of hydrogen-bond acceptors (Lipinski definition) is 5. The second-order valence-electron chi connectivity index (χ2n) is 5.45. The first-order valence-corrected chi connectivity index (χ1v) is 7.43. The van der Waals surface area contributed by atoms with E-state index in [9.17, 15) is 9.59 Å². The minimum atomic E-state index is -0.636. The van der Waals surface area contributed by atoms with Gasteiger partial charge in [-0.05, 0) is 25.7 Å². The maximum Gasteiger partial charge on any atom is 0.313 e. The number of cyclic esters (lactones) is 1. The molecular weight excluding hydrogens is 262 g/mol. The molecule has 1 aliphatic heterocycles. The third-order valence-electron chi connectivity index (χ3n) is 3.83. The zero-order valence-corrected chi connectivity index (χ0v) is 12.4. The molecule has 0 bridgehead atoms. The molecular formula is C14H19NO3S. The molecule has 1 aromatic rings. The molecule has 1 aromatic heterocycles. The van der Waals surface area contributed by atoms with Crippen molar-refractivity contribution in [2.45, 2.75) is 52.1 Å². The fourth-order valence-electron chi connectivity index (χ4n) is 2.50. The van der Waals surface area contributed by atoms with Gasteiger partial charge in [-0.2, -0.15) is 0 Å². The van der Waals surface area contributed by atoms with E-state index in [1.54, 1.807) is 11.3 Å². The minimum absolute atomic E-state index is 0.00836. The summed E-state index contributed by atoms with van der Waals surface area (Å²) in [6.07, 6.45) is 1.75. The molecule has 1 unspecified atom stereocenters. The van der Waals surface area contributed by atoms with Crippen LogP contribution in [0.25, 0.3) is 0 Å². The highest BCUT2D eigenvalue weighted by molar-refractivity contribution is 7.09. The average Bonchev–Trinajstić information content (AvgIpc) is 2.71. The Morgan fingerprint density at radius 2 is 2.21 bits per heavy atom. The maximum absolute atomic E-state index is 11.7. The molecule has 4 nitrogen and oxygen atoms in total. The van der Waals surface area contributed by atoms with E-state index < -0.39 is 5.60 Å². The molecule has 0 radical (unpaired) electrons. The molecule has 0 N–H and O–H groups in total. The number of rotatable bonds is 4. The number of aromatic nitrogens is 1. The van der Waals surface area contributed by atoms with Crippen LogP contribution >= 0.6 is 11.3 Å². The summed E-state index contributed by atoms with van der Waals surface area (Å²) in [6.45, 7) is 5.99. The molecule has 0 saturated carbocycles. The van der Waals surface area contributed by atoms with Crippen molar-refractivity contribution in [3.05, 3.63) is 16.1 Å². The quantitative estimate of drug-likeness (QED) is 0.629. The summed E-state index contributed by atoms with van der Waals surface area (Å²) >= 11 is 1.61. The maximum atomic E-state index is 11.7. The Hall–Kier alpha value is -1.23. The summed E-state index contributed by atoms with van der Waals surface area (Å²) < 4.78 is 5.57. The summed E-state index contributed by atoms with van der Waals surface area (Å²) in [5, 5.41) is 0. The summed E-state index contributed by atoms with van der Waals surface area (Å²) in [5.41, 5.74) is 2.21. The smallest absolute Gasteiger partial charge is 0.313 e. The number of Topliss-reactive ketones (excluding diaryl/α,β-unsaturated/α-hetero) is 1. The van der Waals surface area contributed by atoms with Crippen LogP contribution in [0, 0.1) is 12.8 Å². The van der Waals surface area contributed by atoms with E-state index in [0.29, 0.717) is 12.8 Å². The lowest BCUT2D eigenvalue weighted by Crippen LogP contribution is -2.47. The average molecular weight is 281 g/mol. The Kier molecular flexibility index (Phi) is 4.04. The second-order valence-corrected chi connectivity index (χ2v) is 6.39. The third kappa shape index (κ3) is 3.03. The van der Waals surface area contributed by atoms with Gasteiger partial charge in [0.15, 0.2) is 0 Å². The lowest BCUT2D eigenvalue weighted by molar-refractivity contribution is -0.177. The van der Waals surface area contributed by atoms with Crippen LogP contribution in [-0.4, -0.2) is 22.3 Å².